The molecule has 0 fully saturated rings. The minimum Gasteiger partial charge on any atom is -0.452 e. The average Bonchev–Trinajstić information content (AvgIpc) is 3.12. The first-order valence-corrected chi connectivity index (χ1v) is 11.0. The van der Waals surface area contributed by atoms with Crippen LogP contribution in [0.2, 0.25) is 10.0 Å². The normalized spacial score (nSPS) is 11.3. The van der Waals surface area contributed by atoms with Crippen LogP contribution >= 0.6 is 23.2 Å². The highest BCUT2D eigenvalue weighted by atomic mass is 35.5. The van der Waals surface area contributed by atoms with Gasteiger partial charge in [0, 0.05) is 13.5 Å². The van der Waals surface area contributed by atoms with E-state index in [0.717, 1.165) is 6.07 Å². The summed E-state index contributed by atoms with van der Waals surface area (Å²) in [5.74, 6) is -0.439. The molecule has 0 atom stereocenters. The summed E-state index contributed by atoms with van der Waals surface area (Å²) in [7, 11) is -4.08. The number of sulfonamides is 1. The number of nitrogens with zero attached hydrogens (tertiary/aromatic N) is 3. The van der Waals surface area contributed by atoms with Crippen LogP contribution < -0.4 is 4.31 Å². The number of aromatic nitrogens is 2. The number of aryl methyl sites for hydroxylation is 1. The fourth-order valence-electron chi connectivity index (χ4n) is 2.69. The summed E-state index contributed by atoms with van der Waals surface area (Å²) in [5.41, 5.74) is 0.307. The maximum absolute atomic E-state index is 13.3. The summed E-state index contributed by atoms with van der Waals surface area (Å²) in [6.45, 7) is 3.15. The minimum absolute atomic E-state index is 0.0478. The van der Waals surface area contributed by atoms with E-state index in [1.165, 1.54) is 10.4 Å². The van der Waals surface area contributed by atoms with Crippen molar-refractivity contribution < 1.29 is 22.4 Å². The average molecular weight is 470 g/mol. The molecule has 1 heterocycles. The number of halogens is 2. The van der Waals surface area contributed by atoms with Gasteiger partial charge >= 0.3 is 5.97 Å². The lowest BCUT2D eigenvalue weighted by Gasteiger charge is -2.23. The van der Waals surface area contributed by atoms with Crippen LogP contribution in [0.5, 0.6) is 0 Å². The van der Waals surface area contributed by atoms with Crippen LogP contribution in [0, 0.1) is 6.92 Å². The molecule has 0 aliphatic carbocycles. The Morgan fingerprint density at radius 1 is 1.13 bits per heavy atom. The molecule has 0 N–H and O–H groups in total. The second kappa shape index (κ2) is 9.03. The van der Waals surface area contributed by atoms with Crippen molar-refractivity contribution in [2.45, 2.75) is 25.3 Å². The number of para-hydroxylation sites is 1. The van der Waals surface area contributed by atoms with Crippen LogP contribution in [-0.2, 0) is 21.4 Å². The number of esters is 1. The van der Waals surface area contributed by atoms with E-state index < -0.39 is 16.0 Å². The molecule has 30 heavy (non-hydrogen) atoms. The topological polar surface area (TPSA) is 103 Å². The Morgan fingerprint density at radius 3 is 2.43 bits per heavy atom. The van der Waals surface area contributed by atoms with Crippen LogP contribution in [0.4, 0.5) is 5.69 Å². The van der Waals surface area contributed by atoms with Gasteiger partial charge in [-0.15, -0.1) is 10.2 Å². The number of anilines is 1. The smallest absolute Gasteiger partial charge is 0.340 e. The Kier molecular flexibility index (Phi) is 6.64. The summed E-state index contributed by atoms with van der Waals surface area (Å²) < 4.78 is 38.0. The van der Waals surface area contributed by atoms with Crippen molar-refractivity contribution in [1.29, 1.82) is 0 Å². The summed E-state index contributed by atoms with van der Waals surface area (Å²) in [4.78, 5) is 12.2. The summed E-state index contributed by atoms with van der Waals surface area (Å²) in [6.07, 6.45) is 0. The third-order valence-electron chi connectivity index (χ3n) is 4.04. The van der Waals surface area contributed by atoms with Crippen LogP contribution in [0.3, 0.4) is 0 Å². The van der Waals surface area contributed by atoms with Gasteiger partial charge in [0.05, 0.1) is 21.3 Å². The highest BCUT2D eigenvalue weighted by Crippen LogP contribution is 2.33. The molecule has 0 radical (unpaired) electrons. The Bertz CT molecular complexity index is 1170. The second-order valence-corrected chi connectivity index (χ2v) is 8.70. The van der Waals surface area contributed by atoms with E-state index in [-0.39, 0.29) is 39.5 Å². The zero-order chi connectivity index (χ0) is 21.9. The third kappa shape index (κ3) is 4.58. The van der Waals surface area contributed by atoms with Gasteiger partial charge in [0.1, 0.15) is 4.90 Å². The van der Waals surface area contributed by atoms with Crippen LogP contribution in [0.1, 0.15) is 29.1 Å². The first-order chi connectivity index (χ1) is 14.2. The fourth-order valence-corrected chi connectivity index (χ4v) is 4.99. The number of benzene rings is 2. The number of ether oxygens (including phenoxy) is 1. The van der Waals surface area contributed by atoms with Gasteiger partial charge in [-0.05, 0) is 31.2 Å². The zero-order valence-electron chi connectivity index (χ0n) is 16.0. The summed E-state index contributed by atoms with van der Waals surface area (Å²) >= 11 is 12.3. The van der Waals surface area contributed by atoms with Crippen molar-refractivity contribution in [2.75, 3.05) is 10.8 Å². The molecule has 0 bridgehead atoms. The fraction of sp³-hybridized carbons (Fsp3) is 0.211. The molecule has 8 nitrogen and oxygen atoms in total. The summed E-state index contributed by atoms with van der Waals surface area (Å²) in [5, 5.41) is 7.20. The van der Waals surface area contributed by atoms with E-state index in [1.807, 2.05) is 0 Å². The number of hydrogen-bond acceptors (Lipinski definition) is 7. The molecule has 2 aromatic carbocycles. The van der Waals surface area contributed by atoms with Crippen molar-refractivity contribution in [2.24, 2.45) is 0 Å². The number of rotatable bonds is 7. The quantitative estimate of drug-likeness (QED) is 0.476. The molecular formula is C19H17Cl2N3O5S. The molecular weight excluding hydrogens is 453 g/mol. The van der Waals surface area contributed by atoms with Gasteiger partial charge in [0.15, 0.2) is 6.61 Å². The maximum atomic E-state index is 13.3. The van der Waals surface area contributed by atoms with E-state index >= 15 is 0 Å². The molecule has 3 aromatic rings. The maximum Gasteiger partial charge on any atom is 0.340 e. The van der Waals surface area contributed by atoms with Gasteiger partial charge in [-0.25, -0.2) is 13.2 Å². The van der Waals surface area contributed by atoms with Gasteiger partial charge in [-0.3, -0.25) is 4.31 Å². The third-order valence-corrected chi connectivity index (χ3v) is 6.72. The van der Waals surface area contributed by atoms with Crippen molar-refractivity contribution in [3.8, 4) is 0 Å². The lowest BCUT2D eigenvalue weighted by molar-refractivity contribution is 0.0436. The minimum atomic E-state index is -4.08. The number of carbonyl (C=O) groups excluding carboxylic acids is 1. The van der Waals surface area contributed by atoms with Crippen molar-refractivity contribution >= 4 is 44.9 Å². The molecule has 0 unspecified atom stereocenters. The van der Waals surface area contributed by atoms with Crippen molar-refractivity contribution in [1.82, 2.24) is 10.2 Å². The number of carbonyl (C=O) groups is 1. The van der Waals surface area contributed by atoms with Crippen molar-refractivity contribution in [3.63, 3.8) is 0 Å². The first kappa shape index (κ1) is 22.1. The predicted octanol–water partition coefficient (Wildman–Crippen LogP) is 4.26. The first-order valence-electron chi connectivity index (χ1n) is 8.77. The molecule has 0 aliphatic rings. The molecule has 11 heteroatoms. The largest absolute Gasteiger partial charge is 0.452 e. The predicted molar refractivity (Wildman–Crippen MR) is 111 cm³/mol. The highest BCUT2D eigenvalue weighted by Gasteiger charge is 2.29. The standard InChI is InChI=1S/C19H17Cl2N3O5S/c1-3-24(13-7-5-4-6-8-13)30(26,27)17-9-14(15(20)10-16(17)21)19(25)28-11-18-23-22-12(2)29-18/h4-10H,3,11H2,1-2H3. The molecule has 0 spiro atoms. The molecule has 3 rings (SSSR count). The molecule has 0 saturated heterocycles. The molecule has 158 valence electrons. The van der Waals surface area contributed by atoms with Crippen LogP contribution in [0.15, 0.2) is 51.8 Å². The number of hydrogen-bond donors (Lipinski definition) is 0. The second-order valence-electron chi connectivity index (χ2n) is 6.06. The van der Waals surface area contributed by atoms with Crippen molar-refractivity contribution in [3.05, 3.63) is 69.9 Å². The van der Waals surface area contributed by atoms with E-state index in [1.54, 1.807) is 44.2 Å². The molecule has 1 aromatic heterocycles. The Hall–Kier alpha value is -2.62. The van der Waals surface area contributed by atoms with Gasteiger partial charge < -0.3 is 9.15 Å². The van der Waals surface area contributed by atoms with Gasteiger partial charge in [0.25, 0.3) is 15.9 Å². The highest BCUT2D eigenvalue weighted by molar-refractivity contribution is 7.93. The molecule has 0 saturated carbocycles. The van der Waals surface area contributed by atoms with E-state index in [2.05, 4.69) is 10.2 Å². The lowest BCUT2D eigenvalue weighted by Crippen LogP contribution is -2.31. The van der Waals surface area contributed by atoms with E-state index in [0.29, 0.717) is 11.6 Å². The molecule has 0 amide bonds. The monoisotopic (exact) mass is 469 g/mol. The summed E-state index contributed by atoms with van der Waals surface area (Å²) in [6, 6.07) is 10.8. The van der Waals surface area contributed by atoms with Crippen LogP contribution in [-0.4, -0.2) is 31.1 Å². The zero-order valence-corrected chi connectivity index (χ0v) is 18.3. The SMILES string of the molecule is CCN(c1ccccc1)S(=O)(=O)c1cc(C(=O)OCc2nnc(C)o2)c(Cl)cc1Cl. The van der Waals surface area contributed by atoms with Gasteiger partial charge in [0.2, 0.25) is 5.89 Å². The van der Waals surface area contributed by atoms with Gasteiger partial charge in [-0.2, -0.15) is 0 Å². The molecule has 0 aliphatic heterocycles. The van der Waals surface area contributed by atoms with E-state index in [9.17, 15) is 13.2 Å². The van der Waals surface area contributed by atoms with Crippen LogP contribution in [0.25, 0.3) is 0 Å². The Labute approximate surface area is 183 Å². The Balaban J connectivity index is 1.94. The van der Waals surface area contributed by atoms with E-state index in [4.69, 9.17) is 32.4 Å². The van der Waals surface area contributed by atoms with Gasteiger partial charge in [-0.1, -0.05) is 41.4 Å². The lowest BCUT2D eigenvalue weighted by atomic mass is 10.2. The Morgan fingerprint density at radius 2 is 1.83 bits per heavy atom.